The third-order valence-electron chi connectivity index (χ3n) is 8.70. The molecule has 10 heteroatoms. The minimum Gasteiger partial charge on any atom is -0.618 e. The summed E-state index contributed by atoms with van der Waals surface area (Å²) in [6.45, 7) is 3.79. The van der Waals surface area contributed by atoms with Gasteiger partial charge in [0.1, 0.15) is 6.33 Å². The molecule has 3 heterocycles. The monoisotopic (exact) mass is 636 g/mol. The van der Waals surface area contributed by atoms with E-state index in [2.05, 4.69) is 51.9 Å². The maximum Gasteiger partial charge on any atom is 0.409 e. The number of carbonyl (C=O) groups excluding carboxylic acids is 1. The van der Waals surface area contributed by atoms with Crippen molar-refractivity contribution in [3.63, 3.8) is 0 Å². The van der Waals surface area contributed by atoms with Crippen LogP contribution in [-0.2, 0) is 11.2 Å². The van der Waals surface area contributed by atoms with Gasteiger partial charge in [0.15, 0.2) is 11.9 Å². The van der Waals surface area contributed by atoms with E-state index in [1.807, 2.05) is 54.3 Å². The SMILES string of the molecule is CCCOC(=O)N1CCC(c2cccc([C@H](CCc3ccccc3)c3ccc(-c4cc(Cl)ccc4-n4cnnn4)c[n+]3[O-])c2)CC1. The van der Waals surface area contributed by atoms with Crippen molar-refractivity contribution in [1.29, 1.82) is 0 Å². The summed E-state index contributed by atoms with van der Waals surface area (Å²) in [5, 5.41) is 26.0. The number of ether oxygens (including phenoxy) is 1. The number of nitrogens with zero attached hydrogens (tertiary/aromatic N) is 6. The average Bonchev–Trinajstić information content (AvgIpc) is 3.63. The first-order chi connectivity index (χ1) is 22.5. The Morgan fingerprint density at radius 1 is 1.04 bits per heavy atom. The van der Waals surface area contributed by atoms with E-state index in [0.29, 0.717) is 41.9 Å². The molecular formula is C36H37ClN6O3. The maximum atomic E-state index is 13.9. The molecule has 236 valence electrons. The second-order valence-corrected chi connectivity index (χ2v) is 12.1. The normalized spacial score (nSPS) is 14.3. The lowest BCUT2D eigenvalue weighted by molar-refractivity contribution is -0.614. The highest BCUT2D eigenvalue weighted by Gasteiger charge is 2.27. The number of tetrazole rings is 1. The van der Waals surface area contributed by atoms with Crippen LogP contribution in [0.1, 0.15) is 66.8 Å². The number of hydrogen-bond acceptors (Lipinski definition) is 6. The van der Waals surface area contributed by atoms with Crippen molar-refractivity contribution >= 4 is 17.7 Å². The van der Waals surface area contributed by atoms with E-state index in [-0.39, 0.29) is 12.0 Å². The van der Waals surface area contributed by atoms with Gasteiger partial charge in [-0.1, -0.05) is 73.1 Å². The molecule has 9 nitrogen and oxygen atoms in total. The molecule has 0 radical (unpaired) electrons. The Morgan fingerprint density at radius 3 is 2.61 bits per heavy atom. The summed E-state index contributed by atoms with van der Waals surface area (Å²) in [7, 11) is 0. The van der Waals surface area contributed by atoms with Crippen molar-refractivity contribution in [2.75, 3.05) is 19.7 Å². The van der Waals surface area contributed by atoms with Crippen LogP contribution in [-0.4, -0.2) is 50.9 Å². The average molecular weight is 637 g/mol. The predicted octanol–water partition coefficient (Wildman–Crippen LogP) is 7.11. The second kappa shape index (κ2) is 14.6. The van der Waals surface area contributed by atoms with Gasteiger partial charge in [0.25, 0.3) is 0 Å². The minimum absolute atomic E-state index is 0.130. The first kappa shape index (κ1) is 31.2. The number of carbonyl (C=O) groups is 1. The van der Waals surface area contributed by atoms with Gasteiger partial charge in [0.05, 0.1) is 18.2 Å². The van der Waals surface area contributed by atoms with Gasteiger partial charge in [-0.2, -0.15) is 9.41 Å². The van der Waals surface area contributed by atoms with Gasteiger partial charge < -0.3 is 14.8 Å². The minimum atomic E-state index is -0.221. The summed E-state index contributed by atoms with van der Waals surface area (Å²) in [5.74, 6) is 0.202. The van der Waals surface area contributed by atoms with Gasteiger partial charge in [0.2, 0.25) is 0 Å². The van der Waals surface area contributed by atoms with Crippen molar-refractivity contribution in [3.8, 4) is 16.8 Å². The smallest absolute Gasteiger partial charge is 0.409 e. The molecule has 1 aliphatic rings. The third kappa shape index (κ3) is 7.21. The first-order valence-corrected chi connectivity index (χ1v) is 16.2. The number of likely N-dealkylation sites (tertiary alicyclic amines) is 1. The molecule has 0 aliphatic carbocycles. The van der Waals surface area contributed by atoms with E-state index in [4.69, 9.17) is 16.3 Å². The predicted molar refractivity (Wildman–Crippen MR) is 177 cm³/mol. The zero-order valence-electron chi connectivity index (χ0n) is 25.8. The molecule has 0 N–H and O–H groups in total. The van der Waals surface area contributed by atoms with E-state index in [1.165, 1.54) is 17.5 Å². The lowest BCUT2D eigenvalue weighted by Crippen LogP contribution is -2.38. The highest BCUT2D eigenvalue weighted by Crippen LogP contribution is 2.35. The number of piperidine rings is 1. The van der Waals surface area contributed by atoms with E-state index in [9.17, 15) is 10.0 Å². The van der Waals surface area contributed by atoms with Crippen LogP contribution in [0.3, 0.4) is 0 Å². The van der Waals surface area contributed by atoms with E-state index in [0.717, 1.165) is 53.6 Å². The van der Waals surface area contributed by atoms with Crippen LogP contribution in [0.5, 0.6) is 0 Å². The highest BCUT2D eigenvalue weighted by atomic mass is 35.5. The number of halogens is 1. The van der Waals surface area contributed by atoms with Crippen LogP contribution in [0.2, 0.25) is 5.02 Å². The zero-order chi connectivity index (χ0) is 31.9. The Hall–Kier alpha value is -4.76. The van der Waals surface area contributed by atoms with Crippen molar-refractivity contribution in [2.45, 2.75) is 50.9 Å². The molecule has 46 heavy (non-hydrogen) atoms. The molecule has 0 unspecified atom stereocenters. The lowest BCUT2D eigenvalue weighted by atomic mass is 9.84. The molecule has 6 rings (SSSR count). The number of benzene rings is 3. The quantitative estimate of drug-likeness (QED) is 0.120. The van der Waals surface area contributed by atoms with Crippen molar-refractivity contribution in [1.82, 2.24) is 25.1 Å². The fraction of sp³-hybridized carbons (Fsp3) is 0.306. The van der Waals surface area contributed by atoms with Gasteiger partial charge >= 0.3 is 6.09 Å². The fourth-order valence-electron chi connectivity index (χ4n) is 6.28. The Kier molecular flexibility index (Phi) is 9.88. The molecule has 1 saturated heterocycles. The Bertz CT molecular complexity index is 1760. The van der Waals surface area contributed by atoms with Crippen LogP contribution in [0.25, 0.3) is 16.8 Å². The van der Waals surface area contributed by atoms with Gasteiger partial charge in [-0.05, 0) is 89.4 Å². The summed E-state index contributed by atoms with van der Waals surface area (Å²) in [6.07, 6.45) is 7.06. The number of rotatable bonds is 10. The lowest BCUT2D eigenvalue weighted by Gasteiger charge is -2.32. The summed E-state index contributed by atoms with van der Waals surface area (Å²) in [5.41, 5.74) is 6.44. The summed E-state index contributed by atoms with van der Waals surface area (Å²) >= 11 is 6.38. The van der Waals surface area contributed by atoms with Crippen LogP contribution in [0.15, 0.2) is 97.5 Å². The standard InChI is InChI=1S/C36H37ClN6O3/c1-2-21-46-36(44)41-19-17-27(18-20-41)28-9-6-10-29(22-28)32(14-11-26-7-4-3-5-8-26)35-15-12-30(24-43(35)45)33-23-31(37)13-16-34(33)42-25-38-39-40-42/h3-10,12-13,15-16,22-25,27,32H,2,11,14,17-21H2,1H3/t32-/m0/s1. The molecule has 1 aliphatic heterocycles. The summed E-state index contributed by atoms with van der Waals surface area (Å²) < 4.78 is 7.90. The molecule has 0 spiro atoms. The topological polar surface area (TPSA) is 100 Å². The summed E-state index contributed by atoms with van der Waals surface area (Å²) in [6, 6.07) is 28.3. The largest absolute Gasteiger partial charge is 0.618 e. The molecular weight excluding hydrogens is 600 g/mol. The molecule has 1 atom stereocenters. The number of amides is 1. The summed E-state index contributed by atoms with van der Waals surface area (Å²) in [4.78, 5) is 14.2. The van der Waals surface area contributed by atoms with Gasteiger partial charge in [-0.25, -0.2) is 4.79 Å². The van der Waals surface area contributed by atoms with Crippen LogP contribution in [0, 0.1) is 5.21 Å². The second-order valence-electron chi connectivity index (χ2n) is 11.7. The molecule has 3 aromatic carbocycles. The van der Waals surface area contributed by atoms with Crippen molar-refractivity contribution < 1.29 is 14.3 Å². The maximum absolute atomic E-state index is 13.9. The fourth-order valence-corrected chi connectivity index (χ4v) is 6.45. The number of pyridine rings is 1. The molecule has 1 fully saturated rings. The van der Waals surface area contributed by atoms with Gasteiger partial charge in [-0.15, -0.1) is 5.10 Å². The Balaban J connectivity index is 1.29. The van der Waals surface area contributed by atoms with Crippen LogP contribution >= 0.6 is 11.6 Å². The van der Waals surface area contributed by atoms with Gasteiger partial charge in [0, 0.05) is 35.3 Å². The molecule has 0 saturated carbocycles. The first-order valence-electron chi connectivity index (χ1n) is 15.8. The molecule has 1 amide bonds. The van der Waals surface area contributed by atoms with Crippen LogP contribution in [0.4, 0.5) is 4.79 Å². The van der Waals surface area contributed by atoms with Gasteiger partial charge in [-0.3, -0.25) is 0 Å². The molecule has 5 aromatic rings. The van der Waals surface area contributed by atoms with Crippen LogP contribution < -0.4 is 4.73 Å². The van der Waals surface area contributed by atoms with E-state index >= 15 is 0 Å². The van der Waals surface area contributed by atoms with Crippen molar-refractivity contribution in [3.05, 3.63) is 130 Å². The van der Waals surface area contributed by atoms with Crippen molar-refractivity contribution in [2.24, 2.45) is 0 Å². The highest BCUT2D eigenvalue weighted by molar-refractivity contribution is 6.31. The zero-order valence-corrected chi connectivity index (χ0v) is 26.6. The molecule has 2 aromatic heterocycles. The molecule has 0 bridgehead atoms. The number of hydrogen-bond donors (Lipinski definition) is 0. The number of aromatic nitrogens is 5. The van der Waals surface area contributed by atoms with E-state index < -0.39 is 0 Å². The Morgan fingerprint density at radius 2 is 1.87 bits per heavy atom. The number of aryl methyl sites for hydroxylation is 1. The van der Waals surface area contributed by atoms with E-state index in [1.54, 1.807) is 16.9 Å². The Labute approximate surface area is 274 Å². The third-order valence-corrected chi connectivity index (χ3v) is 8.93.